The zero-order valence-electron chi connectivity index (χ0n) is 43.3. The van der Waals surface area contributed by atoms with E-state index in [9.17, 15) is 13.2 Å². The predicted molar refractivity (Wildman–Crippen MR) is 328 cm³/mol. The molecule has 0 bridgehead atoms. The van der Waals surface area contributed by atoms with Gasteiger partial charge in [0.15, 0.2) is 34.4 Å². The number of anilines is 1. The molecule has 11 aromatic rings. The summed E-state index contributed by atoms with van der Waals surface area (Å²) in [6.45, 7) is 0. The van der Waals surface area contributed by atoms with E-state index in [-0.39, 0.29) is 24.0 Å². The average Bonchev–Trinajstić information content (AvgIpc) is 4.24. The van der Waals surface area contributed by atoms with Crippen molar-refractivity contribution in [2.75, 3.05) is 5.32 Å². The number of hydrogen-bond acceptors (Lipinski definition) is 16. The fourth-order valence-electron chi connectivity index (χ4n) is 10.2. The van der Waals surface area contributed by atoms with E-state index in [0.29, 0.717) is 67.6 Å². The molecular weight excluding hydrogens is 1270 g/mol. The second kappa shape index (κ2) is 26.5. The number of nitrogens with zero attached hydrogens (tertiary/aromatic N) is 16. The van der Waals surface area contributed by atoms with Crippen LogP contribution in [-0.2, 0) is 12.8 Å². The van der Waals surface area contributed by atoms with Gasteiger partial charge in [-0.1, -0.05) is 67.1 Å². The molecule has 27 heteroatoms. The van der Waals surface area contributed by atoms with Gasteiger partial charge in [-0.05, 0) is 158 Å². The summed E-state index contributed by atoms with van der Waals surface area (Å²) in [4.78, 5) is 37.2. The van der Waals surface area contributed by atoms with Gasteiger partial charge in [-0.2, -0.15) is 43.8 Å². The van der Waals surface area contributed by atoms with Crippen LogP contribution in [0.1, 0.15) is 68.2 Å². The number of rotatable bonds is 5. The van der Waals surface area contributed by atoms with Crippen molar-refractivity contribution in [3.05, 3.63) is 199 Å². The Balaban J connectivity index is 0.000000128. The van der Waals surface area contributed by atoms with Crippen LogP contribution in [0, 0.1) is 17.5 Å². The van der Waals surface area contributed by atoms with E-state index in [2.05, 4.69) is 171 Å². The summed E-state index contributed by atoms with van der Waals surface area (Å²) in [7, 11) is 4.34. The van der Waals surface area contributed by atoms with Crippen molar-refractivity contribution >= 4 is 110 Å². The molecule has 0 saturated carbocycles. The molecule has 9 heterocycles. The van der Waals surface area contributed by atoms with Crippen molar-refractivity contribution < 1.29 is 13.2 Å². The van der Waals surface area contributed by atoms with Crippen LogP contribution in [0.25, 0.3) is 62.3 Å². The van der Waals surface area contributed by atoms with Crippen molar-refractivity contribution in [3.8, 4) is 34.2 Å². The first-order chi connectivity index (χ1) is 40.3. The number of nitrogens with two attached hydrogens (primary N) is 1. The summed E-state index contributed by atoms with van der Waals surface area (Å²) < 4.78 is 48.5. The minimum absolute atomic E-state index is 0. The Kier molecular flexibility index (Phi) is 18.8. The van der Waals surface area contributed by atoms with Crippen molar-refractivity contribution in [2.24, 2.45) is 10.0 Å². The molecule has 0 unspecified atom stereocenters. The average molecular weight is 1310 g/mol. The number of hydrogen-bond donors (Lipinski definition) is 3. The first kappa shape index (κ1) is 59.5. The molecule has 18 nitrogen and oxygen atoms in total. The monoisotopic (exact) mass is 1310 g/mol. The van der Waals surface area contributed by atoms with Gasteiger partial charge in [-0.3, -0.25) is 15.0 Å². The number of nitrogens with one attached hydrogen (secondary N) is 1. The van der Waals surface area contributed by atoms with Gasteiger partial charge in [0.1, 0.15) is 17.5 Å². The maximum absolute atomic E-state index is 13.7. The summed E-state index contributed by atoms with van der Waals surface area (Å²) in [5.41, 5.74) is 21.1. The van der Waals surface area contributed by atoms with E-state index in [1.54, 1.807) is 52.1 Å². The third kappa shape index (κ3) is 13.1. The summed E-state index contributed by atoms with van der Waals surface area (Å²) in [5.74, 6) is 0.279. The fourth-order valence-corrected chi connectivity index (χ4v) is 11.4. The van der Waals surface area contributed by atoms with Gasteiger partial charge in [0, 0.05) is 53.4 Å². The first-order valence-corrected chi connectivity index (χ1v) is 28.4. The van der Waals surface area contributed by atoms with Gasteiger partial charge in [0.25, 0.3) is 0 Å². The molecule has 2 aromatic carbocycles. The Morgan fingerprint density at radius 2 is 1.07 bits per heavy atom. The number of thiol groups is 1. The van der Waals surface area contributed by atoms with E-state index in [4.69, 9.17) is 28.9 Å². The molecule has 0 saturated heterocycles. The van der Waals surface area contributed by atoms with E-state index in [0.717, 1.165) is 49.0 Å². The number of pyridine rings is 3. The molecule has 0 aliphatic heterocycles. The Bertz CT molecular complexity index is 4320. The summed E-state index contributed by atoms with van der Waals surface area (Å²) >= 11 is 21.9. The summed E-state index contributed by atoms with van der Waals surface area (Å²) in [6.07, 6.45) is 21.5. The third-order valence-corrected chi connectivity index (χ3v) is 15.5. The Hall–Kier alpha value is -7.68. The Morgan fingerprint density at radius 1 is 0.595 bits per heavy atom. The van der Waals surface area contributed by atoms with Gasteiger partial charge >= 0.3 is 24.8 Å². The van der Waals surface area contributed by atoms with Crippen LogP contribution in [0.2, 0.25) is 10.6 Å². The van der Waals surface area contributed by atoms with Crippen LogP contribution in [-0.4, -0.2) is 93.4 Å². The van der Waals surface area contributed by atoms with Crippen LogP contribution in [0.5, 0.6) is 0 Å². The number of benzene rings is 2. The van der Waals surface area contributed by atoms with Gasteiger partial charge < -0.3 is 11.1 Å². The van der Waals surface area contributed by atoms with Gasteiger partial charge in [-0.25, -0.2) is 28.1 Å². The first-order valence-electron chi connectivity index (χ1n) is 25.6. The normalized spacial score (nSPS) is 15.4. The van der Waals surface area contributed by atoms with Gasteiger partial charge in [0.2, 0.25) is 16.5 Å². The predicted octanol–water partition coefficient (Wildman–Crippen LogP) is 13.1. The van der Waals surface area contributed by atoms with Gasteiger partial charge in [-0.15, -0.1) is 0 Å². The van der Waals surface area contributed by atoms with E-state index >= 15 is 0 Å². The number of fused-ring (bicyclic) bond motifs is 7. The SMILES string of the molecule is C.Fc1cncc(-c2nc(Cl)n3ncc(Br)c3n2)c1.Fc1cncc(-c2nc(Cl)n3nccc3n2)c1.Fc1cncc(-c2nc(N[C@@H]3CCC4=C(C3)c3ccccc3C4)n3ncc(Br)c3n2)c1.N[C@@H]1CCC2=C(C1)c1ccccc1C2.[B]=NS. The van der Waals surface area contributed by atoms with Gasteiger partial charge in [0.05, 0.1) is 46.1 Å². The van der Waals surface area contributed by atoms with Crippen LogP contribution in [0.3, 0.4) is 0 Å². The molecule has 15 rings (SSSR count). The van der Waals surface area contributed by atoms with E-state index in [1.807, 2.05) is 0 Å². The molecule has 84 heavy (non-hydrogen) atoms. The Labute approximate surface area is 512 Å². The molecule has 0 amide bonds. The molecule has 4 aliphatic rings. The van der Waals surface area contributed by atoms with Crippen molar-refractivity contribution in [2.45, 2.75) is 70.9 Å². The van der Waals surface area contributed by atoms with E-state index < -0.39 is 17.5 Å². The number of allylic oxidation sites excluding steroid dienone is 2. The minimum atomic E-state index is -0.459. The zero-order valence-corrected chi connectivity index (χ0v) is 48.9. The van der Waals surface area contributed by atoms with Crippen LogP contribution in [0.4, 0.5) is 19.1 Å². The number of halogens is 7. The quantitative estimate of drug-likeness (QED) is 0.108. The maximum atomic E-state index is 13.7. The Morgan fingerprint density at radius 3 is 1.63 bits per heavy atom. The van der Waals surface area contributed by atoms with Crippen LogP contribution >= 0.6 is 67.9 Å². The van der Waals surface area contributed by atoms with Crippen molar-refractivity contribution in [1.82, 2.24) is 73.7 Å². The molecule has 3 N–H and O–H groups in total. The third-order valence-electron chi connectivity index (χ3n) is 13.9. The molecule has 2 atom stereocenters. The van der Waals surface area contributed by atoms with Crippen LogP contribution in [0.15, 0.2) is 153 Å². The topological polar surface area (TPSA) is 218 Å². The molecule has 4 aliphatic carbocycles. The molecule has 423 valence electrons. The number of aromatic nitrogens is 15. The summed E-state index contributed by atoms with van der Waals surface area (Å²) in [6, 6.07) is 23.7. The second-order valence-electron chi connectivity index (χ2n) is 19.3. The van der Waals surface area contributed by atoms with Crippen LogP contribution < -0.4 is 11.1 Å². The summed E-state index contributed by atoms with van der Waals surface area (Å²) in [5, 5.41) is 16.2. The standard InChI is InChI=1S/C23H18BrFN6.C13H15N.C10H4BrClFN5.C10H5ClFN5.CH4.BHNS/c24-20-12-27-31-22(20)29-21(15-8-16(25)11-26-10-15)30-23(31)28-17-6-5-14-7-13-3-1-2-4-18(13)19(14)9-17;14-11-6-5-10-7-9-3-1-2-4-12(9)13(10)8-11;11-7-4-15-18-9(7)16-8(17-10(18)12)5-1-6(13)3-14-2-5;11-10-16-9(6-3-7(12)5-13-4-6)15-8-1-2-14-17(8)10;;1-2-3/h1-4,8,10-12,17H,5-7,9H2,(H,28,29,30);1-4,11H,5-8,14H2;1-4H;1-5H;1H4;3H/t17-;11-;;;;/m11..../s1. The molecule has 1 radical (unpaired) electrons. The zero-order chi connectivity index (χ0) is 57.7. The molecule has 0 fully saturated rings. The fraction of sp³-hybridized carbons (Fsp3) is 0.193. The molecular formula is C57H47BBr2Cl2F3N18S. The van der Waals surface area contributed by atoms with E-state index in [1.165, 1.54) is 92.9 Å². The molecule has 9 aromatic heterocycles. The second-order valence-corrected chi connectivity index (χ2v) is 21.9. The molecule has 0 spiro atoms. The van der Waals surface area contributed by atoms with Crippen molar-refractivity contribution in [3.63, 3.8) is 0 Å². The van der Waals surface area contributed by atoms with Crippen molar-refractivity contribution in [1.29, 1.82) is 0 Å².